The number of hydrogen-bond acceptors (Lipinski definition) is 6. The van der Waals surface area contributed by atoms with Gasteiger partial charge in [-0.05, 0) is 38.0 Å². The van der Waals surface area contributed by atoms with E-state index < -0.39 is 10.0 Å². The van der Waals surface area contributed by atoms with Crippen molar-refractivity contribution in [2.45, 2.75) is 30.8 Å². The minimum atomic E-state index is -3.64. The predicted octanol–water partition coefficient (Wildman–Crippen LogP) is 2.03. The van der Waals surface area contributed by atoms with E-state index >= 15 is 0 Å². The van der Waals surface area contributed by atoms with E-state index in [9.17, 15) is 8.42 Å². The van der Waals surface area contributed by atoms with Crippen LogP contribution in [0, 0.1) is 6.92 Å². The smallest absolute Gasteiger partial charge is 0.246 e. The Morgan fingerprint density at radius 2 is 1.96 bits per heavy atom. The van der Waals surface area contributed by atoms with Gasteiger partial charge in [0.25, 0.3) is 0 Å². The van der Waals surface area contributed by atoms with Crippen molar-refractivity contribution in [3.05, 3.63) is 42.1 Å². The summed E-state index contributed by atoms with van der Waals surface area (Å²) in [5.74, 6) is 0.752. The zero-order chi connectivity index (χ0) is 17.9. The van der Waals surface area contributed by atoms with Crippen LogP contribution in [0.5, 0.6) is 11.6 Å². The summed E-state index contributed by atoms with van der Waals surface area (Å²) < 4.78 is 38.4. The van der Waals surface area contributed by atoms with Gasteiger partial charge in [0.2, 0.25) is 15.9 Å². The van der Waals surface area contributed by atoms with E-state index in [0.29, 0.717) is 18.2 Å². The lowest BCUT2D eigenvalue weighted by Gasteiger charge is -2.32. The molecule has 2 aromatic rings. The van der Waals surface area contributed by atoms with Gasteiger partial charge in [0.1, 0.15) is 16.7 Å². The van der Waals surface area contributed by atoms with Crippen molar-refractivity contribution in [3.8, 4) is 11.6 Å². The summed E-state index contributed by atoms with van der Waals surface area (Å²) in [6, 6.07) is 10.2. The zero-order valence-corrected chi connectivity index (χ0v) is 15.1. The van der Waals surface area contributed by atoms with E-state index in [1.807, 2.05) is 13.0 Å². The van der Waals surface area contributed by atoms with Crippen LogP contribution in [0.4, 0.5) is 0 Å². The van der Waals surface area contributed by atoms with E-state index in [-0.39, 0.29) is 17.5 Å². The fraction of sp³-hybridized carbons (Fsp3) is 0.412. The molecule has 25 heavy (non-hydrogen) atoms. The number of rotatable bonds is 5. The highest BCUT2D eigenvalue weighted by Crippen LogP contribution is 2.28. The van der Waals surface area contributed by atoms with Gasteiger partial charge in [0.15, 0.2) is 0 Å². The molecular weight excluding hydrogens is 342 g/mol. The monoisotopic (exact) mass is 363 g/mol. The summed E-state index contributed by atoms with van der Waals surface area (Å²) in [5, 5.41) is 7.94. The fourth-order valence-electron chi connectivity index (χ4n) is 2.81. The molecular formula is C17H21N3O4S. The summed E-state index contributed by atoms with van der Waals surface area (Å²) in [5.41, 5.74) is 0.802. The average Bonchev–Trinajstić information content (AvgIpc) is 2.64. The van der Waals surface area contributed by atoms with Crippen LogP contribution in [0.3, 0.4) is 0 Å². The number of piperidine rings is 1. The third kappa shape index (κ3) is 3.91. The Hall–Kier alpha value is -2.19. The molecule has 2 heterocycles. The molecule has 3 rings (SSSR count). The second kappa shape index (κ2) is 7.37. The molecule has 1 atom stereocenters. The maximum atomic E-state index is 13.0. The molecule has 0 spiro atoms. The molecule has 0 bridgehead atoms. The van der Waals surface area contributed by atoms with Gasteiger partial charge in [-0.1, -0.05) is 12.1 Å². The van der Waals surface area contributed by atoms with E-state index in [0.717, 1.165) is 18.5 Å². The first-order valence-corrected chi connectivity index (χ1v) is 9.55. The number of benzene rings is 1. The van der Waals surface area contributed by atoms with Gasteiger partial charge in [-0.25, -0.2) is 8.42 Å². The summed E-state index contributed by atoms with van der Waals surface area (Å²) in [6.07, 6.45) is 1.24. The van der Waals surface area contributed by atoms with Crippen molar-refractivity contribution >= 4 is 10.0 Å². The second-order valence-electron chi connectivity index (χ2n) is 5.91. The van der Waals surface area contributed by atoms with Crippen LogP contribution in [-0.4, -0.2) is 49.2 Å². The number of hydrogen-bond donors (Lipinski definition) is 0. The highest BCUT2D eigenvalue weighted by atomic mass is 32.2. The number of nitrogens with zero attached hydrogens (tertiary/aromatic N) is 3. The van der Waals surface area contributed by atoms with Crippen molar-refractivity contribution in [3.63, 3.8) is 0 Å². The third-order valence-electron chi connectivity index (χ3n) is 4.09. The second-order valence-corrected chi connectivity index (χ2v) is 7.82. The SMILES string of the molecule is COc1ccccc1S(=O)(=O)N1CCCC(Oc2ccc(C)nn2)C1. The minimum absolute atomic E-state index is 0.174. The highest BCUT2D eigenvalue weighted by molar-refractivity contribution is 7.89. The summed E-state index contributed by atoms with van der Waals surface area (Å²) >= 11 is 0. The van der Waals surface area contributed by atoms with Gasteiger partial charge < -0.3 is 9.47 Å². The van der Waals surface area contributed by atoms with Gasteiger partial charge in [0.05, 0.1) is 19.3 Å². The topological polar surface area (TPSA) is 81.6 Å². The number of ether oxygens (including phenoxy) is 2. The van der Waals surface area contributed by atoms with Crippen LogP contribution < -0.4 is 9.47 Å². The predicted molar refractivity (Wildman–Crippen MR) is 92.2 cm³/mol. The summed E-state index contributed by atoms with van der Waals surface area (Å²) in [6.45, 7) is 2.58. The minimum Gasteiger partial charge on any atom is -0.495 e. The van der Waals surface area contributed by atoms with Crippen LogP contribution in [0.15, 0.2) is 41.3 Å². The molecule has 1 fully saturated rings. The molecule has 1 aromatic carbocycles. The molecule has 0 radical (unpaired) electrons. The first-order chi connectivity index (χ1) is 12.0. The van der Waals surface area contributed by atoms with Crippen molar-refractivity contribution in [2.75, 3.05) is 20.2 Å². The Labute approximate surface area is 147 Å². The van der Waals surface area contributed by atoms with E-state index in [1.165, 1.54) is 11.4 Å². The van der Waals surface area contributed by atoms with Gasteiger partial charge in [0, 0.05) is 12.6 Å². The quantitative estimate of drug-likeness (QED) is 0.808. The number of aromatic nitrogens is 2. The fourth-order valence-corrected chi connectivity index (χ4v) is 4.48. The van der Waals surface area contributed by atoms with E-state index in [2.05, 4.69) is 10.2 Å². The molecule has 0 N–H and O–H groups in total. The first kappa shape index (κ1) is 17.6. The molecule has 7 nitrogen and oxygen atoms in total. The lowest BCUT2D eigenvalue weighted by Crippen LogP contribution is -2.44. The molecule has 1 unspecified atom stereocenters. The number of aryl methyl sites for hydroxylation is 1. The molecule has 0 aliphatic carbocycles. The van der Waals surface area contributed by atoms with Crippen LogP contribution in [0.25, 0.3) is 0 Å². The number of para-hydroxylation sites is 1. The lowest BCUT2D eigenvalue weighted by atomic mass is 10.1. The van der Waals surface area contributed by atoms with Crippen LogP contribution >= 0.6 is 0 Å². The molecule has 1 aliphatic heterocycles. The van der Waals surface area contributed by atoms with Crippen molar-refractivity contribution < 1.29 is 17.9 Å². The Morgan fingerprint density at radius 3 is 2.68 bits per heavy atom. The standard InChI is InChI=1S/C17H21N3O4S/c1-13-9-10-17(19-18-13)24-14-6-5-11-20(12-14)25(21,22)16-8-4-3-7-15(16)23-2/h3-4,7-10,14H,5-6,11-12H2,1-2H3. The van der Waals surface area contributed by atoms with Crippen molar-refractivity contribution in [1.82, 2.24) is 14.5 Å². The Kier molecular flexibility index (Phi) is 5.19. The van der Waals surface area contributed by atoms with Gasteiger partial charge >= 0.3 is 0 Å². The van der Waals surface area contributed by atoms with Gasteiger partial charge in [-0.3, -0.25) is 0 Å². The first-order valence-electron chi connectivity index (χ1n) is 8.11. The molecule has 0 saturated carbocycles. The third-order valence-corrected chi connectivity index (χ3v) is 5.99. The molecule has 1 saturated heterocycles. The maximum absolute atomic E-state index is 13.0. The molecule has 134 valence electrons. The number of sulfonamides is 1. The zero-order valence-electron chi connectivity index (χ0n) is 14.3. The highest BCUT2D eigenvalue weighted by Gasteiger charge is 2.33. The van der Waals surface area contributed by atoms with E-state index in [1.54, 1.807) is 30.3 Å². The molecule has 8 heteroatoms. The maximum Gasteiger partial charge on any atom is 0.246 e. The average molecular weight is 363 g/mol. The van der Waals surface area contributed by atoms with Crippen LogP contribution in [0.1, 0.15) is 18.5 Å². The lowest BCUT2D eigenvalue weighted by molar-refractivity contribution is 0.123. The summed E-state index contributed by atoms with van der Waals surface area (Å²) in [7, 11) is -2.18. The molecule has 1 aliphatic rings. The number of methoxy groups -OCH3 is 1. The Bertz CT molecular complexity index is 824. The van der Waals surface area contributed by atoms with E-state index in [4.69, 9.17) is 9.47 Å². The normalized spacial score (nSPS) is 18.7. The Morgan fingerprint density at radius 1 is 1.16 bits per heavy atom. The molecule has 1 aromatic heterocycles. The van der Waals surface area contributed by atoms with Gasteiger partial charge in [-0.15, -0.1) is 5.10 Å². The van der Waals surface area contributed by atoms with Crippen molar-refractivity contribution in [2.24, 2.45) is 0 Å². The largest absolute Gasteiger partial charge is 0.495 e. The Balaban J connectivity index is 1.77. The van der Waals surface area contributed by atoms with Crippen LogP contribution in [-0.2, 0) is 10.0 Å². The van der Waals surface area contributed by atoms with Crippen LogP contribution in [0.2, 0.25) is 0 Å². The summed E-state index contributed by atoms with van der Waals surface area (Å²) in [4.78, 5) is 0.174. The van der Waals surface area contributed by atoms with Crippen molar-refractivity contribution in [1.29, 1.82) is 0 Å². The molecule has 0 amide bonds. The van der Waals surface area contributed by atoms with Gasteiger partial charge in [-0.2, -0.15) is 9.40 Å².